The summed E-state index contributed by atoms with van der Waals surface area (Å²) in [6.45, 7) is 8.40. The minimum Gasteiger partial charge on any atom is -0.480 e. The van der Waals surface area contributed by atoms with Crippen molar-refractivity contribution in [1.29, 1.82) is 0 Å². The smallest absolute Gasteiger partial charge is 0.320 e. The Morgan fingerprint density at radius 3 is 2.21 bits per heavy atom. The second kappa shape index (κ2) is 5.00. The van der Waals surface area contributed by atoms with E-state index in [2.05, 4.69) is 19.2 Å². The molecule has 19 heavy (non-hydrogen) atoms. The maximum Gasteiger partial charge on any atom is 0.320 e. The average Bonchev–Trinajstić information content (AvgIpc) is 2.95. The van der Waals surface area contributed by atoms with Gasteiger partial charge in [-0.2, -0.15) is 0 Å². The van der Waals surface area contributed by atoms with Crippen LogP contribution < -0.4 is 5.32 Å². The predicted octanol–water partition coefficient (Wildman–Crippen LogP) is 0.585. The van der Waals surface area contributed by atoms with Crippen LogP contribution in [0.15, 0.2) is 0 Å². The summed E-state index contributed by atoms with van der Waals surface area (Å²) in [5, 5.41) is 12.0. The van der Waals surface area contributed by atoms with Crippen LogP contribution in [0, 0.1) is 5.41 Å². The number of rotatable bonds is 3. The van der Waals surface area contributed by atoms with Crippen LogP contribution in [0.2, 0.25) is 0 Å². The Labute approximate surface area is 113 Å². The first-order chi connectivity index (χ1) is 8.81. The molecule has 1 heterocycles. The first kappa shape index (κ1) is 14.1. The van der Waals surface area contributed by atoms with Gasteiger partial charge in [0.15, 0.2) is 0 Å². The van der Waals surface area contributed by atoms with Gasteiger partial charge in [-0.1, -0.05) is 13.8 Å². The van der Waals surface area contributed by atoms with Crippen LogP contribution in [0.5, 0.6) is 0 Å². The molecule has 0 radical (unpaired) electrons. The fourth-order valence-corrected chi connectivity index (χ4v) is 2.42. The molecule has 108 valence electrons. The van der Waals surface area contributed by atoms with E-state index in [1.54, 1.807) is 11.8 Å². The minimum atomic E-state index is -0.808. The van der Waals surface area contributed by atoms with Crippen molar-refractivity contribution >= 4 is 12.0 Å². The van der Waals surface area contributed by atoms with E-state index in [0.29, 0.717) is 26.2 Å². The Balaban J connectivity index is 1.77. The third-order valence-electron chi connectivity index (χ3n) is 4.32. The Kier molecular flexibility index (Phi) is 3.71. The van der Waals surface area contributed by atoms with Crippen LogP contribution in [-0.4, -0.2) is 65.2 Å². The number of nitrogens with one attached hydrogen (secondary N) is 1. The molecule has 2 rings (SSSR count). The summed E-state index contributed by atoms with van der Waals surface area (Å²) in [5.74, 6) is -0.808. The number of piperazine rings is 1. The number of hydrogen-bond donors (Lipinski definition) is 2. The molecule has 2 fully saturated rings. The molecule has 1 saturated carbocycles. The number of carboxylic acids is 1. The number of hydrogen-bond acceptors (Lipinski definition) is 3. The predicted molar refractivity (Wildman–Crippen MR) is 71.0 cm³/mol. The van der Waals surface area contributed by atoms with E-state index in [1.807, 2.05) is 4.90 Å². The van der Waals surface area contributed by atoms with Crippen molar-refractivity contribution in [2.75, 3.05) is 26.2 Å². The molecule has 2 atom stereocenters. The highest BCUT2D eigenvalue weighted by Crippen LogP contribution is 2.44. The maximum atomic E-state index is 12.0. The van der Waals surface area contributed by atoms with Gasteiger partial charge in [0.1, 0.15) is 6.04 Å². The van der Waals surface area contributed by atoms with Gasteiger partial charge in [-0.25, -0.2) is 4.79 Å². The first-order valence-electron chi connectivity index (χ1n) is 6.83. The molecular weight excluding hydrogens is 246 g/mol. The summed E-state index contributed by atoms with van der Waals surface area (Å²) in [5.41, 5.74) is 0.231. The lowest BCUT2D eigenvalue weighted by Crippen LogP contribution is -2.55. The monoisotopic (exact) mass is 269 g/mol. The summed E-state index contributed by atoms with van der Waals surface area (Å²) in [6.07, 6.45) is 1.04. The zero-order valence-electron chi connectivity index (χ0n) is 11.8. The number of aliphatic carboxylic acids is 1. The van der Waals surface area contributed by atoms with E-state index in [0.717, 1.165) is 6.42 Å². The van der Waals surface area contributed by atoms with Gasteiger partial charge >= 0.3 is 12.0 Å². The van der Waals surface area contributed by atoms with Crippen molar-refractivity contribution in [1.82, 2.24) is 15.1 Å². The van der Waals surface area contributed by atoms with Crippen molar-refractivity contribution in [2.24, 2.45) is 5.41 Å². The zero-order valence-corrected chi connectivity index (χ0v) is 11.8. The number of carboxylic acid groups (broad SMARTS) is 1. The molecule has 2 amide bonds. The number of nitrogens with zero attached hydrogens (tertiary/aromatic N) is 2. The number of carbonyl (C=O) groups excluding carboxylic acids is 1. The summed E-state index contributed by atoms with van der Waals surface area (Å²) in [4.78, 5) is 26.6. The van der Waals surface area contributed by atoms with Gasteiger partial charge in [-0.05, 0) is 18.8 Å². The van der Waals surface area contributed by atoms with Crippen molar-refractivity contribution in [3.63, 3.8) is 0 Å². The third kappa shape index (κ3) is 3.18. The van der Waals surface area contributed by atoms with Crippen LogP contribution in [-0.2, 0) is 4.79 Å². The van der Waals surface area contributed by atoms with Crippen LogP contribution in [0.4, 0.5) is 4.79 Å². The van der Waals surface area contributed by atoms with Gasteiger partial charge in [0.05, 0.1) is 0 Å². The van der Waals surface area contributed by atoms with Gasteiger partial charge in [-0.3, -0.25) is 9.69 Å². The van der Waals surface area contributed by atoms with Crippen molar-refractivity contribution in [3.05, 3.63) is 0 Å². The van der Waals surface area contributed by atoms with Gasteiger partial charge in [-0.15, -0.1) is 0 Å². The molecule has 0 aromatic carbocycles. The van der Waals surface area contributed by atoms with Crippen molar-refractivity contribution in [3.8, 4) is 0 Å². The van der Waals surface area contributed by atoms with Crippen LogP contribution in [0.3, 0.4) is 0 Å². The molecule has 1 aliphatic carbocycles. The number of amides is 2. The Hall–Kier alpha value is -1.30. The van der Waals surface area contributed by atoms with Crippen LogP contribution in [0.25, 0.3) is 0 Å². The second-order valence-electron chi connectivity index (χ2n) is 6.23. The summed E-state index contributed by atoms with van der Waals surface area (Å²) in [6, 6.07) is -0.207. The summed E-state index contributed by atoms with van der Waals surface area (Å²) < 4.78 is 0. The van der Waals surface area contributed by atoms with Gasteiger partial charge in [0.25, 0.3) is 0 Å². The van der Waals surface area contributed by atoms with E-state index in [1.165, 1.54) is 0 Å². The lowest BCUT2D eigenvalue weighted by Gasteiger charge is -2.36. The van der Waals surface area contributed by atoms with Crippen LogP contribution >= 0.6 is 0 Å². The molecule has 0 aromatic rings. The van der Waals surface area contributed by atoms with Gasteiger partial charge in [0.2, 0.25) is 0 Å². The number of carbonyl (C=O) groups is 2. The highest BCUT2D eigenvalue weighted by Gasteiger charge is 2.47. The van der Waals surface area contributed by atoms with Crippen LogP contribution in [0.1, 0.15) is 27.2 Å². The highest BCUT2D eigenvalue weighted by molar-refractivity contribution is 5.75. The molecule has 0 bridgehead atoms. The average molecular weight is 269 g/mol. The quantitative estimate of drug-likeness (QED) is 0.786. The molecule has 2 aliphatic rings. The minimum absolute atomic E-state index is 0.0156. The summed E-state index contributed by atoms with van der Waals surface area (Å²) >= 11 is 0. The molecular formula is C13H23N3O3. The topological polar surface area (TPSA) is 72.9 Å². The van der Waals surface area contributed by atoms with E-state index < -0.39 is 12.0 Å². The van der Waals surface area contributed by atoms with E-state index in [4.69, 9.17) is 5.11 Å². The van der Waals surface area contributed by atoms with E-state index >= 15 is 0 Å². The molecule has 0 spiro atoms. The Morgan fingerprint density at radius 2 is 1.79 bits per heavy atom. The summed E-state index contributed by atoms with van der Waals surface area (Å²) in [7, 11) is 0. The van der Waals surface area contributed by atoms with Gasteiger partial charge in [0, 0.05) is 32.2 Å². The fraction of sp³-hybridized carbons (Fsp3) is 0.846. The highest BCUT2D eigenvalue weighted by atomic mass is 16.4. The largest absolute Gasteiger partial charge is 0.480 e. The number of urea groups is 1. The molecule has 1 saturated heterocycles. The first-order valence-corrected chi connectivity index (χ1v) is 6.83. The Bertz CT molecular complexity index is 375. The molecule has 2 N–H and O–H groups in total. The lowest BCUT2D eigenvalue weighted by atomic mass is 10.2. The molecule has 2 unspecified atom stereocenters. The van der Waals surface area contributed by atoms with E-state index in [9.17, 15) is 9.59 Å². The van der Waals surface area contributed by atoms with Crippen molar-refractivity contribution in [2.45, 2.75) is 39.3 Å². The van der Waals surface area contributed by atoms with E-state index in [-0.39, 0.29) is 17.5 Å². The maximum absolute atomic E-state index is 12.0. The van der Waals surface area contributed by atoms with Crippen molar-refractivity contribution < 1.29 is 14.7 Å². The third-order valence-corrected chi connectivity index (χ3v) is 4.32. The normalized spacial score (nSPS) is 27.7. The standard InChI is InChI=1S/C13H23N3O3/c1-9(11(17)18)15-4-6-16(7-5-15)12(19)14-10-8-13(10,2)3/h9-10H,4-8H2,1-3H3,(H,14,19)(H,17,18). The molecule has 1 aliphatic heterocycles. The molecule has 6 nitrogen and oxygen atoms in total. The molecule has 0 aromatic heterocycles. The molecule has 6 heteroatoms. The fourth-order valence-electron chi connectivity index (χ4n) is 2.42. The zero-order chi connectivity index (χ0) is 14.2. The lowest BCUT2D eigenvalue weighted by molar-refractivity contribution is -0.143. The second-order valence-corrected chi connectivity index (χ2v) is 6.23. The van der Waals surface area contributed by atoms with Gasteiger partial charge < -0.3 is 15.3 Å². The SMILES string of the molecule is CC(C(=O)O)N1CCN(C(=O)NC2CC2(C)C)CC1. The Morgan fingerprint density at radius 1 is 1.26 bits per heavy atom.